The van der Waals surface area contributed by atoms with Gasteiger partial charge >= 0.3 is 0 Å². The number of methoxy groups -OCH3 is 2. The fourth-order valence-electron chi connectivity index (χ4n) is 3.24. The maximum Gasteiger partial charge on any atom is 0.224 e. The van der Waals surface area contributed by atoms with Gasteiger partial charge < -0.3 is 19.8 Å². The quantitative estimate of drug-likeness (QED) is 0.669. The monoisotopic (exact) mass is 370 g/mol. The Bertz CT molecular complexity index is 965. The number of aryl methyl sites for hydroxylation is 1. The maximum atomic E-state index is 13.5. The Kier molecular flexibility index (Phi) is 5.64. The van der Waals surface area contributed by atoms with Crippen LogP contribution in [0.15, 0.2) is 36.4 Å². The average molecular weight is 370 g/mol. The molecule has 27 heavy (non-hydrogen) atoms. The highest BCUT2D eigenvalue weighted by Crippen LogP contribution is 2.27. The highest BCUT2D eigenvalue weighted by atomic mass is 19.1. The Balaban J connectivity index is 1.60. The van der Waals surface area contributed by atoms with Crippen LogP contribution < -0.4 is 14.8 Å². The lowest BCUT2D eigenvalue weighted by Crippen LogP contribution is -2.27. The summed E-state index contributed by atoms with van der Waals surface area (Å²) < 4.78 is 24.0. The first-order valence-corrected chi connectivity index (χ1v) is 8.76. The van der Waals surface area contributed by atoms with Crippen LogP contribution in [0.1, 0.15) is 16.8 Å². The molecule has 0 radical (unpaired) electrons. The van der Waals surface area contributed by atoms with Crippen molar-refractivity contribution in [2.45, 2.75) is 19.8 Å². The Labute approximate surface area is 157 Å². The van der Waals surface area contributed by atoms with Gasteiger partial charge in [0, 0.05) is 23.1 Å². The van der Waals surface area contributed by atoms with Gasteiger partial charge in [-0.05, 0) is 54.8 Å². The molecule has 6 heteroatoms. The predicted molar refractivity (Wildman–Crippen MR) is 103 cm³/mol. The molecule has 0 fully saturated rings. The van der Waals surface area contributed by atoms with Gasteiger partial charge in [-0.3, -0.25) is 4.79 Å². The summed E-state index contributed by atoms with van der Waals surface area (Å²) in [4.78, 5) is 15.5. The molecule has 0 aliphatic carbocycles. The third kappa shape index (κ3) is 4.22. The summed E-state index contributed by atoms with van der Waals surface area (Å²) in [5, 5.41) is 3.79. The Hall–Kier alpha value is -3.02. The topological polar surface area (TPSA) is 63.3 Å². The van der Waals surface area contributed by atoms with Crippen molar-refractivity contribution < 1.29 is 18.7 Å². The number of halogens is 1. The van der Waals surface area contributed by atoms with E-state index in [0.717, 1.165) is 27.7 Å². The number of hydrogen-bond acceptors (Lipinski definition) is 3. The smallest absolute Gasteiger partial charge is 0.224 e. The average Bonchev–Trinajstić information content (AvgIpc) is 2.96. The molecular weight excluding hydrogens is 347 g/mol. The highest BCUT2D eigenvalue weighted by molar-refractivity contribution is 5.85. The lowest BCUT2D eigenvalue weighted by Gasteiger charge is -2.10. The SMILES string of the molecule is COc1ccc(CC(=O)NCCc2c(C)[nH]c3ccc(F)cc23)cc1OC. The van der Waals surface area contributed by atoms with Gasteiger partial charge in [-0.2, -0.15) is 0 Å². The first-order valence-electron chi connectivity index (χ1n) is 8.76. The third-order valence-corrected chi connectivity index (χ3v) is 4.59. The number of carbonyl (C=O) groups is 1. The summed E-state index contributed by atoms with van der Waals surface area (Å²) in [6.07, 6.45) is 0.884. The van der Waals surface area contributed by atoms with E-state index in [1.54, 1.807) is 32.4 Å². The molecule has 0 unspecified atom stereocenters. The highest BCUT2D eigenvalue weighted by Gasteiger charge is 2.11. The number of H-pyrrole nitrogens is 1. The first kappa shape index (κ1) is 18.8. The number of amides is 1. The molecule has 142 valence electrons. The van der Waals surface area contributed by atoms with Crippen LogP contribution in [0.3, 0.4) is 0 Å². The minimum absolute atomic E-state index is 0.0779. The molecule has 2 aromatic carbocycles. The van der Waals surface area contributed by atoms with Gasteiger partial charge in [0.15, 0.2) is 11.5 Å². The Morgan fingerprint density at radius 3 is 2.63 bits per heavy atom. The van der Waals surface area contributed by atoms with Crippen molar-refractivity contribution in [3.8, 4) is 11.5 Å². The molecule has 1 heterocycles. The van der Waals surface area contributed by atoms with Crippen LogP contribution in [0.2, 0.25) is 0 Å². The van der Waals surface area contributed by atoms with Crippen LogP contribution in [0.25, 0.3) is 10.9 Å². The van der Waals surface area contributed by atoms with E-state index in [4.69, 9.17) is 9.47 Å². The van der Waals surface area contributed by atoms with E-state index in [-0.39, 0.29) is 18.1 Å². The third-order valence-electron chi connectivity index (χ3n) is 4.59. The molecule has 0 atom stereocenters. The number of hydrogen-bond donors (Lipinski definition) is 2. The van der Waals surface area contributed by atoms with Crippen molar-refractivity contribution in [1.82, 2.24) is 10.3 Å². The number of rotatable bonds is 7. The summed E-state index contributed by atoms with van der Waals surface area (Å²) in [5.41, 5.74) is 3.76. The lowest BCUT2D eigenvalue weighted by molar-refractivity contribution is -0.120. The van der Waals surface area contributed by atoms with E-state index in [0.29, 0.717) is 24.5 Å². The summed E-state index contributed by atoms with van der Waals surface area (Å²) in [7, 11) is 3.14. The molecule has 0 aliphatic heterocycles. The van der Waals surface area contributed by atoms with Crippen molar-refractivity contribution in [3.63, 3.8) is 0 Å². The second-order valence-electron chi connectivity index (χ2n) is 6.38. The molecule has 0 saturated carbocycles. The summed E-state index contributed by atoms with van der Waals surface area (Å²) in [6, 6.07) is 10.1. The van der Waals surface area contributed by atoms with Crippen molar-refractivity contribution in [3.05, 3.63) is 59.0 Å². The van der Waals surface area contributed by atoms with Crippen LogP contribution in [0, 0.1) is 12.7 Å². The van der Waals surface area contributed by atoms with Gasteiger partial charge in [0.05, 0.1) is 20.6 Å². The first-order chi connectivity index (χ1) is 13.0. The number of ether oxygens (including phenoxy) is 2. The minimum atomic E-state index is -0.264. The normalized spacial score (nSPS) is 10.8. The molecule has 0 spiro atoms. The predicted octanol–water partition coefficient (Wildman–Crippen LogP) is 3.53. The standard InChI is InChI=1S/C21H23FN2O3/c1-13-16(17-12-15(22)5-6-18(17)24-13)8-9-23-21(25)11-14-4-7-19(26-2)20(10-14)27-3/h4-7,10,12,24H,8-9,11H2,1-3H3,(H,23,25). The van der Waals surface area contributed by atoms with E-state index < -0.39 is 0 Å². The summed E-state index contributed by atoms with van der Waals surface area (Å²) in [6.45, 7) is 2.44. The van der Waals surface area contributed by atoms with Gasteiger partial charge in [-0.1, -0.05) is 6.07 Å². The Morgan fingerprint density at radius 1 is 1.11 bits per heavy atom. The van der Waals surface area contributed by atoms with E-state index in [1.807, 2.05) is 13.0 Å². The zero-order valence-corrected chi connectivity index (χ0v) is 15.7. The lowest BCUT2D eigenvalue weighted by atomic mass is 10.1. The molecule has 0 aliphatic rings. The van der Waals surface area contributed by atoms with Gasteiger partial charge in [-0.25, -0.2) is 4.39 Å². The minimum Gasteiger partial charge on any atom is -0.493 e. The van der Waals surface area contributed by atoms with E-state index in [2.05, 4.69) is 10.3 Å². The number of benzene rings is 2. The van der Waals surface area contributed by atoms with Crippen LogP contribution in [0.4, 0.5) is 4.39 Å². The fourth-order valence-corrected chi connectivity index (χ4v) is 3.24. The Morgan fingerprint density at radius 2 is 1.89 bits per heavy atom. The number of fused-ring (bicyclic) bond motifs is 1. The van der Waals surface area contributed by atoms with Crippen LogP contribution in [-0.4, -0.2) is 31.7 Å². The second-order valence-corrected chi connectivity index (χ2v) is 6.38. The molecule has 1 aromatic heterocycles. The molecule has 3 aromatic rings. The van der Waals surface area contributed by atoms with Crippen LogP contribution >= 0.6 is 0 Å². The molecule has 3 rings (SSSR count). The van der Waals surface area contributed by atoms with Crippen LogP contribution in [0.5, 0.6) is 11.5 Å². The molecule has 0 saturated heterocycles. The van der Waals surface area contributed by atoms with Crippen molar-refractivity contribution in [2.75, 3.05) is 20.8 Å². The second kappa shape index (κ2) is 8.12. The molecule has 0 bridgehead atoms. The van der Waals surface area contributed by atoms with Crippen molar-refractivity contribution in [1.29, 1.82) is 0 Å². The van der Waals surface area contributed by atoms with E-state index >= 15 is 0 Å². The number of aromatic amines is 1. The van der Waals surface area contributed by atoms with Crippen molar-refractivity contribution in [2.24, 2.45) is 0 Å². The maximum absolute atomic E-state index is 13.5. The zero-order valence-electron chi connectivity index (χ0n) is 15.7. The number of nitrogens with one attached hydrogen (secondary N) is 2. The van der Waals surface area contributed by atoms with Gasteiger partial charge in [0.25, 0.3) is 0 Å². The van der Waals surface area contributed by atoms with Gasteiger partial charge in [0.1, 0.15) is 5.82 Å². The fraction of sp³-hybridized carbons (Fsp3) is 0.286. The molecule has 1 amide bonds. The summed E-state index contributed by atoms with van der Waals surface area (Å²) >= 11 is 0. The molecular formula is C21H23FN2O3. The zero-order chi connectivity index (χ0) is 19.4. The number of aromatic nitrogens is 1. The van der Waals surface area contributed by atoms with Crippen LogP contribution in [-0.2, 0) is 17.6 Å². The van der Waals surface area contributed by atoms with Gasteiger partial charge in [-0.15, -0.1) is 0 Å². The molecule has 2 N–H and O–H groups in total. The summed E-state index contributed by atoms with van der Waals surface area (Å²) in [5.74, 6) is 0.883. The molecule has 5 nitrogen and oxygen atoms in total. The largest absolute Gasteiger partial charge is 0.493 e. The van der Waals surface area contributed by atoms with Gasteiger partial charge in [0.2, 0.25) is 5.91 Å². The number of carbonyl (C=O) groups excluding carboxylic acids is 1. The van der Waals surface area contributed by atoms with Crippen molar-refractivity contribution >= 4 is 16.8 Å². The van der Waals surface area contributed by atoms with E-state index in [1.165, 1.54) is 12.1 Å². The van der Waals surface area contributed by atoms with E-state index in [9.17, 15) is 9.18 Å².